The Morgan fingerprint density at radius 3 is 2.09 bits per heavy atom. The van der Waals surface area contributed by atoms with Gasteiger partial charge >= 0.3 is 24.3 Å². The molecule has 2 aromatic rings. The summed E-state index contributed by atoms with van der Waals surface area (Å²) in [6.07, 6.45) is -4.77. The van der Waals surface area contributed by atoms with Crippen LogP contribution in [-0.2, 0) is 32.9 Å². The molecule has 17 heteroatoms. The molecule has 5 rings (SSSR count). The van der Waals surface area contributed by atoms with Crippen LogP contribution in [0.2, 0.25) is 0 Å². The zero-order chi connectivity index (χ0) is 32.9. The molecule has 0 radical (unpaired) electrons. The Morgan fingerprint density at radius 2 is 1.61 bits per heavy atom. The quantitative estimate of drug-likeness (QED) is 0.390. The number of nitrogens with one attached hydrogen (secondary N) is 1. The molecule has 1 saturated heterocycles. The molecule has 1 aliphatic carbocycles. The van der Waals surface area contributed by atoms with Crippen LogP contribution in [-0.4, -0.2) is 89.3 Å². The van der Waals surface area contributed by atoms with Crippen LogP contribution >= 0.6 is 0 Å². The second-order valence-electron chi connectivity index (χ2n) is 10.5. The molecule has 0 amide bonds. The van der Waals surface area contributed by atoms with Gasteiger partial charge in [-0.1, -0.05) is 0 Å². The van der Waals surface area contributed by atoms with Crippen LogP contribution in [0.5, 0.6) is 11.5 Å². The summed E-state index contributed by atoms with van der Waals surface area (Å²) < 4.78 is 80.8. The number of benzene rings is 1. The van der Waals surface area contributed by atoms with Gasteiger partial charge in [-0.25, -0.2) is 19.6 Å². The number of carboxylic acid groups (broad SMARTS) is 2. The minimum Gasteiger partial charge on any atom is -0.496 e. The first-order chi connectivity index (χ1) is 20.5. The third-order valence-electron chi connectivity index (χ3n) is 6.97. The highest BCUT2D eigenvalue weighted by molar-refractivity contribution is 5.73. The van der Waals surface area contributed by atoms with E-state index in [1.165, 1.54) is 12.8 Å². The number of fused-ring (bicyclic) bond motifs is 2. The van der Waals surface area contributed by atoms with Crippen LogP contribution in [0, 0.1) is 6.92 Å². The first kappa shape index (κ1) is 34.6. The minimum atomic E-state index is -5.08. The van der Waals surface area contributed by atoms with Crippen molar-refractivity contribution in [2.75, 3.05) is 39.2 Å². The number of aromatic nitrogens is 2. The lowest BCUT2D eigenvalue weighted by molar-refractivity contribution is -0.193. The lowest BCUT2D eigenvalue weighted by Gasteiger charge is -2.34. The largest absolute Gasteiger partial charge is 0.496 e. The van der Waals surface area contributed by atoms with E-state index in [9.17, 15) is 26.3 Å². The minimum absolute atomic E-state index is 0.0817. The number of ether oxygens (including phenoxy) is 3. The van der Waals surface area contributed by atoms with Crippen molar-refractivity contribution < 1.29 is 60.4 Å². The van der Waals surface area contributed by atoms with Crippen LogP contribution < -0.4 is 14.8 Å². The molecular formula is C27H32F6N4O7. The number of aliphatic carboxylic acids is 2. The Balaban J connectivity index is 0.000000317. The van der Waals surface area contributed by atoms with Crippen molar-refractivity contribution in [2.24, 2.45) is 0 Å². The summed E-state index contributed by atoms with van der Waals surface area (Å²) in [6.45, 7) is 6.03. The Labute approximate surface area is 248 Å². The molecule has 3 N–H and O–H groups in total. The Bertz CT molecular complexity index is 1290. The van der Waals surface area contributed by atoms with Crippen molar-refractivity contribution in [1.29, 1.82) is 0 Å². The highest BCUT2D eigenvalue weighted by atomic mass is 19.4. The second kappa shape index (κ2) is 13.8. The van der Waals surface area contributed by atoms with Gasteiger partial charge in [0.25, 0.3) is 0 Å². The first-order valence-electron chi connectivity index (χ1n) is 13.2. The molecule has 1 atom stereocenters. The van der Waals surface area contributed by atoms with Gasteiger partial charge in [0.2, 0.25) is 5.95 Å². The number of alkyl halides is 6. The van der Waals surface area contributed by atoms with E-state index in [1.54, 1.807) is 14.2 Å². The highest BCUT2D eigenvalue weighted by Gasteiger charge is 2.45. The smallest absolute Gasteiger partial charge is 0.490 e. The number of hydrogen-bond acceptors (Lipinski definition) is 9. The number of aryl methyl sites for hydroxylation is 1. The maximum absolute atomic E-state index is 10.6. The first-order valence-corrected chi connectivity index (χ1v) is 13.2. The number of nitrogens with zero attached hydrogens (tertiary/aromatic N) is 3. The molecule has 244 valence electrons. The van der Waals surface area contributed by atoms with Gasteiger partial charge in [-0.3, -0.25) is 4.90 Å². The topological polar surface area (TPSA) is 143 Å². The molecule has 44 heavy (non-hydrogen) atoms. The number of rotatable bonds is 6. The summed E-state index contributed by atoms with van der Waals surface area (Å²) in [7, 11) is 3.44. The zero-order valence-corrected chi connectivity index (χ0v) is 24.0. The Morgan fingerprint density at radius 1 is 1.07 bits per heavy atom. The molecule has 2 fully saturated rings. The fourth-order valence-corrected chi connectivity index (χ4v) is 4.77. The highest BCUT2D eigenvalue weighted by Crippen LogP contribution is 2.41. The normalized spacial score (nSPS) is 19.6. The standard InChI is InChI=1S/C23H30N4O3.2C2HF3O2/c1-15-8-19(28-2)18(20(9-15)29-3)11-27-7-6-23(13-27)14-30-12-16-10-24-22(26-21(16)23)25-17-4-5-17;2*3-2(4,5)1(6)7/h8-10,17H,4-7,11-14H2,1-3H3,(H,24,25,26);2*(H,6,7). The Hall–Kier alpha value is -3.86. The molecule has 11 nitrogen and oxygen atoms in total. The SMILES string of the molecule is COc1cc(C)cc(OC)c1CN1CCC2(COCc3cnc(NC4CC4)nc32)C1.O=C(O)C(F)(F)F.O=C(O)C(F)(F)F. The molecule has 0 bridgehead atoms. The van der Waals surface area contributed by atoms with Gasteiger partial charge in [0.15, 0.2) is 0 Å². The molecule has 3 heterocycles. The zero-order valence-electron chi connectivity index (χ0n) is 24.0. The van der Waals surface area contributed by atoms with Crippen LogP contribution in [0.15, 0.2) is 18.3 Å². The maximum atomic E-state index is 10.6. The molecule has 1 aromatic carbocycles. The molecule has 2 aliphatic heterocycles. The van der Waals surface area contributed by atoms with E-state index in [1.807, 2.05) is 6.20 Å². The van der Waals surface area contributed by atoms with Crippen LogP contribution in [0.3, 0.4) is 0 Å². The van der Waals surface area contributed by atoms with E-state index in [4.69, 9.17) is 39.0 Å². The van der Waals surface area contributed by atoms with Crippen molar-refractivity contribution >= 4 is 17.9 Å². The Kier molecular flexibility index (Phi) is 10.9. The van der Waals surface area contributed by atoms with E-state index < -0.39 is 24.3 Å². The number of carboxylic acids is 2. The summed E-state index contributed by atoms with van der Waals surface area (Å²) in [5, 5.41) is 17.7. The predicted molar refractivity (Wildman–Crippen MR) is 142 cm³/mol. The molecule has 1 saturated carbocycles. The monoisotopic (exact) mass is 638 g/mol. The average Bonchev–Trinajstić information content (AvgIpc) is 3.67. The number of methoxy groups -OCH3 is 2. The molecule has 1 aromatic heterocycles. The fraction of sp³-hybridized carbons (Fsp3) is 0.556. The fourth-order valence-electron chi connectivity index (χ4n) is 4.77. The number of likely N-dealkylation sites (tertiary alicyclic amines) is 1. The maximum Gasteiger partial charge on any atom is 0.490 e. The van der Waals surface area contributed by atoms with Crippen LogP contribution in [0.1, 0.15) is 41.6 Å². The van der Waals surface area contributed by atoms with E-state index in [2.05, 4.69) is 34.3 Å². The third kappa shape index (κ3) is 9.07. The summed E-state index contributed by atoms with van der Waals surface area (Å²) in [4.78, 5) is 29.7. The number of anilines is 1. The average molecular weight is 639 g/mol. The lowest BCUT2D eigenvalue weighted by Crippen LogP contribution is -2.40. The van der Waals surface area contributed by atoms with Crippen molar-refractivity contribution in [1.82, 2.24) is 14.9 Å². The van der Waals surface area contributed by atoms with Crippen molar-refractivity contribution in [3.63, 3.8) is 0 Å². The number of hydrogen-bond donors (Lipinski definition) is 3. The van der Waals surface area contributed by atoms with Crippen molar-refractivity contribution in [3.05, 3.63) is 40.7 Å². The molecular weight excluding hydrogens is 606 g/mol. The number of halogens is 6. The van der Waals surface area contributed by atoms with Gasteiger partial charge in [0, 0.05) is 30.9 Å². The van der Waals surface area contributed by atoms with Crippen LogP contribution in [0.25, 0.3) is 0 Å². The van der Waals surface area contributed by atoms with Gasteiger partial charge in [0.1, 0.15) is 11.5 Å². The van der Waals surface area contributed by atoms with Gasteiger partial charge in [-0.05, 0) is 50.4 Å². The summed E-state index contributed by atoms with van der Waals surface area (Å²) in [5.74, 6) is -2.99. The van der Waals surface area contributed by atoms with Crippen molar-refractivity contribution in [3.8, 4) is 11.5 Å². The summed E-state index contributed by atoms with van der Waals surface area (Å²) in [6, 6.07) is 4.69. The van der Waals surface area contributed by atoms with E-state index in [-0.39, 0.29) is 5.41 Å². The molecule has 3 aliphatic rings. The summed E-state index contributed by atoms with van der Waals surface area (Å²) >= 11 is 0. The van der Waals surface area contributed by atoms with Crippen molar-refractivity contribution in [2.45, 2.75) is 63.1 Å². The second-order valence-corrected chi connectivity index (χ2v) is 10.5. The van der Waals surface area contributed by atoms with Gasteiger partial charge in [-0.2, -0.15) is 26.3 Å². The van der Waals surface area contributed by atoms with E-state index >= 15 is 0 Å². The van der Waals surface area contributed by atoms with E-state index in [0.29, 0.717) is 19.3 Å². The molecule has 1 spiro atoms. The third-order valence-corrected chi connectivity index (χ3v) is 6.97. The number of carbonyl (C=O) groups is 2. The van der Waals surface area contributed by atoms with Gasteiger partial charge in [-0.15, -0.1) is 0 Å². The van der Waals surface area contributed by atoms with Gasteiger partial charge < -0.3 is 29.7 Å². The predicted octanol–water partition coefficient (Wildman–Crippen LogP) is 4.32. The lowest BCUT2D eigenvalue weighted by atomic mass is 9.80. The van der Waals surface area contributed by atoms with E-state index in [0.717, 1.165) is 65.9 Å². The summed E-state index contributed by atoms with van der Waals surface area (Å²) in [5.41, 5.74) is 4.43. The molecule has 1 unspecified atom stereocenters. The van der Waals surface area contributed by atoms with Gasteiger partial charge in [0.05, 0.1) is 44.1 Å². The van der Waals surface area contributed by atoms with Crippen LogP contribution in [0.4, 0.5) is 32.3 Å².